The quantitative estimate of drug-likeness (QED) is 0.394. The molecule has 5 nitrogen and oxygen atoms in total. The summed E-state index contributed by atoms with van der Waals surface area (Å²) in [5, 5.41) is 0.713. The van der Waals surface area contributed by atoms with E-state index in [0.29, 0.717) is 32.7 Å². The van der Waals surface area contributed by atoms with Gasteiger partial charge in [0.25, 0.3) is 0 Å². The van der Waals surface area contributed by atoms with Gasteiger partial charge in [-0.1, -0.05) is 35.3 Å². The van der Waals surface area contributed by atoms with Crippen LogP contribution in [0.1, 0.15) is 15.9 Å². The van der Waals surface area contributed by atoms with Crippen molar-refractivity contribution in [1.29, 1.82) is 0 Å². The van der Waals surface area contributed by atoms with Gasteiger partial charge in [-0.15, -0.1) is 0 Å². The number of hydrogen-bond acceptors (Lipinski definition) is 5. The lowest BCUT2D eigenvalue weighted by molar-refractivity contribution is -0.136. The van der Waals surface area contributed by atoms with E-state index in [9.17, 15) is 9.59 Å². The summed E-state index contributed by atoms with van der Waals surface area (Å²) in [5.74, 6) is -0.120. The van der Waals surface area contributed by atoms with E-state index < -0.39 is 12.6 Å². The van der Waals surface area contributed by atoms with Gasteiger partial charge in [-0.05, 0) is 35.9 Å². The molecule has 0 bridgehead atoms. The van der Waals surface area contributed by atoms with Gasteiger partial charge in [-0.2, -0.15) is 0 Å². The Morgan fingerprint density at radius 1 is 1.04 bits per heavy atom. The first-order chi connectivity index (χ1) is 12.5. The van der Waals surface area contributed by atoms with Crippen molar-refractivity contribution in [1.82, 2.24) is 0 Å². The van der Waals surface area contributed by atoms with E-state index >= 15 is 0 Å². The molecule has 26 heavy (non-hydrogen) atoms. The first kappa shape index (κ1) is 19.8. The number of ether oxygens (including phenoxy) is 3. The highest BCUT2D eigenvalue weighted by Crippen LogP contribution is 2.28. The molecule has 0 saturated heterocycles. The molecule has 0 N–H and O–H groups in total. The zero-order valence-electron chi connectivity index (χ0n) is 14.1. The van der Waals surface area contributed by atoms with Gasteiger partial charge in [0.2, 0.25) is 0 Å². The van der Waals surface area contributed by atoms with Crippen LogP contribution < -0.4 is 9.47 Å². The molecule has 0 unspecified atom stereocenters. The molecule has 0 aliphatic heterocycles. The summed E-state index contributed by atoms with van der Waals surface area (Å²) in [6.45, 7) is -0.401. The molecule has 2 aromatic rings. The van der Waals surface area contributed by atoms with E-state index in [1.165, 1.54) is 32.4 Å². The van der Waals surface area contributed by atoms with E-state index in [-0.39, 0.29) is 5.78 Å². The molecule has 0 amide bonds. The third kappa shape index (κ3) is 5.00. The van der Waals surface area contributed by atoms with E-state index in [4.69, 9.17) is 37.4 Å². The highest BCUT2D eigenvalue weighted by molar-refractivity contribution is 6.42. The summed E-state index contributed by atoms with van der Waals surface area (Å²) >= 11 is 11.9. The normalized spacial score (nSPS) is 10.6. The Morgan fingerprint density at radius 2 is 1.77 bits per heavy atom. The zero-order valence-corrected chi connectivity index (χ0v) is 15.6. The molecule has 0 aliphatic rings. The standard InChI is InChI=1S/C19H16Cl2O5/c1-24-16-8-6-13(10-17(16)25-2)15(22)11-26-18(23)9-7-12-4-3-5-14(20)19(12)21/h3-10H,11H2,1-2H3/b9-7+. The minimum Gasteiger partial charge on any atom is -0.493 e. The number of halogens is 2. The van der Waals surface area contributed by atoms with Crippen molar-refractivity contribution in [2.75, 3.05) is 20.8 Å². The maximum absolute atomic E-state index is 12.2. The molecule has 0 aliphatic carbocycles. The molecule has 136 valence electrons. The maximum atomic E-state index is 12.2. The summed E-state index contributed by atoms with van der Waals surface area (Å²) in [6.07, 6.45) is 2.65. The van der Waals surface area contributed by atoms with Crippen molar-refractivity contribution in [3.05, 3.63) is 63.6 Å². The van der Waals surface area contributed by atoms with Gasteiger partial charge in [0.15, 0.2) is 23.9 Å². The fourth-order valence-electron chi connectivity index (χ4n) is 2.08. The summed E-state index contributed by atoms with van der Waals surface area (Å²) < 4.78 is 15.2. The Labute approximate surface area is 161 Å². The number of ketones is 1. The first-order valence-corrected chi connectivity index (χ1v) is 8.26. The fraction of sp³-hybridized carbons (Fsp3) is 0.158. The van der Waals surface area contributed by atoms with Gasteiger partial charge in [0, 0.05) is 11.6 Å². The number of carbonyl (C=O) groups excluding carboxylic acids is 2. The molecule has 0 aromatic heterocycles. The summed E-state index contributed by atoms with van der Waals surface area (Å²) in [4.78, 5) is 23.9. The minimum atomic E-state index is -0.671. The van der Waals surface area contributed by atoms with Crippen molar-refractivity contribution in [3.63, 3.8) is 0 Å². The number of rotatable bonds is 7. The maximum Gasteiger partial charge on any atom is 0.331 e. The van der Waals surface area contributed by atoms with Crippen LogP contribution in [0.5, 0.6) is 11.5 Å². The number of carbonyl (C=O) groups is 2. The van der Waals surface area contributed by atoms with Crippen LogP contribution in [0.2, 0.25) is 10.0 Å². The summed E-state index contributed by atoms with van der Waals surface area (Å²) in [6, 6.07) is 9.75. The number of Topliss-reactive ketones (excluding diaryl/α,β-unsaturated/α-hetero) is 1. The molecule has 0 atom stereocenters. The molecule has 2 aromatic carbocycles. The van der Waals surface area contributed by atoms with Gasteiger partial charge in [0.1, 0.15) is 0 Å². The van der Waals surface area contributed by atoms with Crippen LogP contribution in [0.4, 0.5) is 0 Å². The van der Waals surface area contributed by atoms with Gasteiger partial charge < -0.3 is 14.2 Å². The molecule has 0 fully saturated rings. The van der Waals surface area contributed by atoms with Gasteiger partial charge in [-0.25, -0.2) is 4.79 Å². The molecule has 0 radical (unpaired) electrons. The largest absolute Gasteiger partial charge is 0.493 e. The van der Waals surface area contributed by atoms with Crippen LogP contribution in [-0.4, -0.2) is 32.6 Å². The topological polar surface area (TPSA) is 61.8 Å². The van der Waals surface area contributed by atoms with Crippen LogP contribution in [0.25, 0.3) is 6.08 Å². The van der Waals surface area contributed by atoms with Crippen LogP contribution in [0.3, 0.4) is 0 Å². The van der Waals surface area contributed by atoms with Crippen LogP contribution >= 0.6 is 23.2 Å². The SMILES string of the molecule is COc1ccc(C(=O)COC(=O)/C=C/c2cccc(Cl)c2Cl)cc1OC. The Kier molecular flexibility index (Phi) is 7.06. The van der Waals surface area contributed by atoms with Gasteiger partial charge in [0.05, 0.1) is 24.3 Å². The van der Waals surface area contributed by atoms with Crippen molar-refractivity contribution in [3.8, 4) is 11.5 Å². The fourth-order valence-corrected chi connectivity index (χ4v) is 2.46. The number of hydrogen-bond donors (Lipinski definition) is 0. The van der Waals surface area contributed by atoms with Crippen molar-refractivity contribution in [2.24, 2.45) is 0 Å². The zero-order chi connectivity index (χ0) is 19.1. The Hall–Kier alpha value is -2.50. The van der Waals surface area contributed by atoms with Gasteiger partial charge in [-0.3, -0.25) is 4.79 Å². The van der Waals surface area contributed by atoms with Crippen LogP contribution in [0, 0.1) is 0 Å². The lowest BCUT2D eigenvalue weighted by Crippen LogP contribution is -2.12. The van der Waals surface area contributed by atoms with Crippen LogP contribution in [-0.2, 0) is 9.53 Å². The third-order valence-electron chi connectivity index (χ3n) is 3.43. The van der Waals surface area contributed by atoms with Crippen molar-refractivity contribution in [2.45, 2.75) is 0 Å². The number of esters is 1. The predicted molar refractivity (Wildman–Crippen MR) is 100 cm³/mol. The van der Waals surface area contributed by atoms with E-state index in [0.717, 1.165) is 0 Å². The first-order valence-electron chi connectivity index (χ1n) is 7.50. The van der Waals surface area contributed by atoms with E-state index in [1.54, 1.807) is 30.3 Å². The molecule has 0 spiro atoms. The van der Waals surface area contributed by atoms with E-state index in [2.05, 4.69) is 0 Å². The van der Waals surface area contributed by atoms with Crippen molar-refractivity contribution >= 4 is 41.0 Å². The number of methoxy groups -OCH3 is 2. The van der Waals surface area contributed by atoms with Crippen molar-refractivity contribution < 1.29 is 23.8 Å². The minimum absolute atomic E-state index is 0.333. The summed E-state index contributed by atoms with van der Waals surface area (Å²) in [7, 11) is 2.97. The molecular formula is C19H16Cl2O5. The second-order valence-corrected chi connectivity index (χ2v) is 5.86. The average molecular weight is 395 g/mol. The highest BCUT2D eigenvalue weighted by Gasteiger charge is 2.12. The second kappa shape index (κ2) is 9.27. The smallest absolute Gasteiger partial charge is 0.331 e. The third-order valence-corrected chi connectivity index (χ3v) is 4.26. The van der Waals surface area contributed by atoms with E-state index in [1.807, 2.05) is 0 Å². The predicted octanol–water partition coefficient (Wildman–Crippen LogP) is 4.45. The average Bonchev–Trinajstić information content (AvgIpc) is 2.66. The highest BCUT2D eigenvalue weighted by atomic mass is 35.5. The molecule has 7 heteroatoms. The lowest BCUT2D eigenvalue weighted by Gasteiger charge is -2.09. The van der Waals surface area contributed by atoms with Crippen LogP contribution in [0.15, 0.2) is 42.5 Å². The number of benzene rings is 2. The second-order valence-electron chi connectivity index (χ2n) is 5.08. The molecule has 2 rings (SSSR count). The molecule has 0 heterocycles. The Balaban J connectivity index is 1.97. The summed E-state index contributed by atoms with van der Waals surface area (Å²) in [5.41, 5.74) is 0.916. The Morgan fingerprint density at radius 3 is 2.46 bits per heavy atom. The van der Waals surface area contributed by atoms with Gasteiger partial charge >= 0.3 is 5.97 Å². The lowest BCUT2D eigenvalue weighted by atomic mass is 10.1. The molecular weight excluding hydrogens is 379 g/mol. The monoisotopic (exact) mass is 394 g/mol. The Bertz CT molecular complexity index is 846. The molecule has 0 saturated carbocycles.